The van der Waals surface area contributed by atoms with E-state index in [0.29, 0.717) is 22.3 Å². The van der Waals surface area contributed by atoms with Crippen LogP contribution >= 0.6 is 23.2 Å². The molecule has 1 aromatic heterocycles. The van der Waals surface area contributed by atoms with E-state index in [0.717, 1.165) is 6.07 Å². The highest BCUT2D eigenvalue weighted by Gasteiger charge is 2.12. The number of pyridine rings is 1. The number of halogens is 4. The maximum absolute atomic E-state index is 13.7. The van der Waals surface area contributed by atoms with Gasteiger partial charge in [-0.3, -0.25) is 0 Å². The summed E-state index contributed by atoms with van der Waals surface area (Å²) < 4.78 is 27.1. The Morgan fingerprint density at radius 2 is 1.75 bits per heavy atom. The number of benzene rings is 1. The lowest BCUT2D eigenvalue weighted by molar-refractivity contribution is 0.579. The summed E-state index contributed by atoms with van der Waals surface area (Å²) in [6, 6.07) is 5.48. The van der Waals surface area contributed by atoms with Crippen LogP contribution in [-0.4, -0.2) is 11.5 Å². The van der Waals surface area contributed by atoms with E-state index in [1.165, 1.54) is 6.07 Å². The van der Waals surface area contributed by atoms with Gasteiger partial charge in [0, 0.05) is 18.3 Å². The molecule has 0 saturated carbocycles. The van der Waals surface area contributed by atoms with Crippen LogP contribution in [0.5, 0.6) is 0 Å². The summed E-state index contributed by atoms with van der Waals surface area (Å²) in [5.74, 6) is -1.66. The van der Waals surface area contributed by atoms with Crippen LogP contribution in [0.15, 0.2) is 24.3 Å². The topological polar surface area (TPSA) is 37.0 Å². The number of rotatable bonds is 4. The predicted octanol–water partition coefficient (Wildman–Crippen LogP) is 4.84. The van der Waals surface area contributed by atoms with Crippen molar-refractivity contribution in [3.63, 3.8) is 0 Å². The van der Waals surface area contributed by atoms with Crippen molar-refractivity contribution in [3.05, 3.63) is 45.9 Å². The fourth-order valence-electron chi connectivity index (χ4n) is 1.56. The van der Waals surface area contributed by atoms with Crippen LogP contribution in [0.2, 0.25) is 10.0 Å². The lowest BCUT2D eigenvalue weighted by atomic mass is 10.3. The van der Waals surface area contributed by atoms with Crippen LogP contribution in [0.25, 0.3) is 0 Å². The third kappa shape index (κ3) is 3.29. The van der Waals surface area contributed by atoms with E-state index in [1.807, 2.05) is 0 Å². The van der Waals surface area contributed by atoms with Crippen LogP contribution < -0.4 is 10.6 Å². The third-order valence-electron chi connectivity index (χ3n) is 2.46. The zero-order valence-corrected chi connectivity index (χ0v) is 12.0. The van der Waals surface area contributed by atoms with Gasteiger partial charge in [-0.05, 0) is 25.1 Å². The van der Waals surface area contributed by atoms with Gasteiger partial charge >= 0.3 is 0 Å². The van der Waals surface area contributed by atoms with Crippen LogP contribution in [-0.2, 0) is 0 Å². The summed E-state index contributed by atoms with van der Waals surface area (Å²) in [5, 5.41) is 6.15. The second-order valence-electron chi connectivity index (χ2n) is 3.93. The van der Waals surface area contributed by atoms with Gasteiger partial charge in [0.2, 0.25) is 0 Å². The Bertz CT molecular complexity index is 635. The molecule has 3 nitrogen and oxygen atoms in total. The molecule has 106 valence electrons. The van der Waals surface area contributed by atoms with E-state index in [4.69, 9.17) is 23.2 Å². The molecule has 0 amide bonds. The minimum Gasteiger partial charge on any atom is -0.368 e. The quantitative estimate of drug-likeness (QED) is 0.847. The Morgan fingerprint density at radius 1 is 1.05 bits per heavy atom. The second kappa shape index (κ2) is 6.24. The molecule has 0 bridgehead atoms. The summed E-state index contributed by atoms with van der Waals surface area (Å²) in [6.45, 7) is 2.26. The van der Waals surface area contributed by atoms with E-state index in [1.54, 1.807) is 19.1 Å². The summed E-state index contributed by atoms with van der Waals surface area (Å²) in [7, 11) is 0. The maximum Gasteiger partial charge on any atom is 0.169 e. The van der Waals surface area contributed by atoms with Gasteiger partial charge in [0.05, 0.1) is 10.0 Å². The molecule has 0 fully saturated rings. The molecule has 1 heterocycles. The predicted molar refractivity (Wildman–Crippen MR) is 78.1 cm³/mol. The molecule has 0 radical (unpaired) electrons. The lowest BCUT2D eigenvalue weighted by Crippen LogP contribution is -2.06. The minimum absolute atomic E-state index is 0.0172. The summed E-state index contributed by atoms with van der Waals surface area (Å²) >= 11 is 11.7. The van der Waals surface area contributed by atoms with Gasteiger partial charge in [-0.25, -0.2) is 13.8 Å². The van der Waals surface area contributed by atoms with Crippen molar-refractivity contribution in [2.24, 2.45) is 0 Å². The van der Waals surface area contributed by atoms with Crippen molar-refractivity contribution < 1.29 is 8.78 Å². The van der Waals surface area contributed by atoms with Gasteiger partial charge in [-0.15, -0.1) is 0 Å². The average Bonchev–Trinajstić information content (AvgIpc) is 2.39. The zero-order valence-electron chi connectivity index (χ0n) is 10.5. The third-order valence-corrected chi connectivity index (χ3v) is 3.20. The van der Waals surface area contributed by atoms with E-state index in [-0.39, 0.29) is 11.6 Å². The molecule has 1 aromatic carbocycles. The Kier molecular flexibility index (Phi) is 4.62. The Hall–Kier alpha value is -1.59. The number of aromatic nitrogens is 1. The van der Waals surface area contributed by atoms with Gasteiger partial charge in [-0.2, -0.15) is 0 Å². The van der Waals surface area contributed by atoms with Gasteiger partial charge in [0.1, 0.15) is 0 Å². The minimum atomic E-state index is -0.796. The van der Waals surface area contributed by atoms with E-state index in [2.05, 4.69) is 15.6 Å². The molecule has 0 aliphatic heterocycles. The lowest BCUT2D eigenvalue weighted by Gasteiger charge is -2.11. The van der Waals surface area contributed by atoms with Gasteiger partial charge in [-0.1, -0.05) is 23.2 Å². The normalized spacial score (nSPS) is 10.4. The van der Waals surface area contributed by atoms with Crippen LogP contribution in [0.4, 0.5) is 26.1 Å². The van der Waals surface area contributed by atoms with Gasteiger partial charge in [0.15, 0.2) is 23.3 Å². The molecule has 2 rings (SSSR count). The number of nitrogens with zero attached hydrogens (tertiary/aromatic N) is 1. The second-order valence-corrected chi connectivity index (χ2v) is 4.75. The number of hydrogen-bond acceptors (Lipinski definition) is 3. The molecule has 0 aliphatic rings. The fraction of sp³-hybridized carbons (Fsp3) is 0.154. The fourth-order valence-corrected chi connectivity index (χ4v) is 1.85. The molecule has 0 atom stereocenters. The first kappa shape index (κ1) is 14.8. The number of hydrogen-bond donors (Lipinski definition) is 2. The SMILES string of the molecule is CCNc1nc(Nc2ccc(Cl)c(Cl)c2)c(F)cc1F. The monoisotopic (exact) mass is 317 g/mol. The van der Waals surface area contributed by atoms with Gasteiger partial charge in [0.25, 0.3) is 0 Å². The first-order valence-corrected chi connectivity index (χ1v) is 6.59. The van der Waals surface area contributed by atoms with E-state index >= 15 is 0 Å². The molecule has 2 N–H and O–H groups in total. The first-order chi connectivity index (χ1) is 9.51. The van der Waals surface area contributed by atoms with Crippen LogP contribution in [0.1, 0.15) is 6.92 Å². The summed E-state index contributed by atoms with van der Waals surface area (Å²) in [6.07, 6.45) is 0. The highest BCUT2D eigenvalue weighted by atomic mass is 35.5. The smallest absolute Gasteiger partial charge is 0.169 e. The zero-order chi connectivity index (χ0) is 14.7. The Labute approximate surface area is 124 Å². The highest BCUT2D eigenvalue weighted by molar-refractivity contribution is 6.42. The molecule has 7 heteroatoms. The highest BCUT2D eigenvalue weighted by Crippen LogP contribution is 2.28. The molecule has 0 spiro atoms. The number of anilines is 3. The van der Waals surface area contributed by atoms with Crippen LogP contribution in [0, 0.1) is 11.6 Å². The van der Waals surface area contributed by atoms with Crippen molar-refractivity contribution in [1.82, 2.24) is 4.98 Å². The van der Waals surface area contributed by atoms with Crippen LogP contribution in [0.3, 0.4) is 0 Å². The van der Waals surface area contributed by atoms with Crippen molar-refractivity contribution in [2.45, 2.75) is 6.92 Å². The molecule has 2 aromatic rings. The molecule has 0 aliphatic carbocycles. The molecule has 0 saturated heterocycles. The van der Waals surface area contributed by atoms with Crippen molar-refractivity contribution in [3.8, 4) is 0 Å². The average molecular weight is 318 g/mol. The van der Waals surface area contributed by atoms with Gasteiger partial charge < -0.3 is 10.6 Å². The molecular weight excluding hydrogens is 307 g/mol. The standard InChI is InChI=1S/C13H11Cl2F2N3/c1-2-18-12-10(16)6-11(17)13(20-12)19-7-3-4-8(14)9(15)5-7/h3-6H,2H2,1H3,(H2,18,19,20). The van der Waals surface area contributed by atoms with Crippen molar-refractivity contribution in [1.29, 1.82) is 0 Å². The first-order valence-electron chi connectivity index (χ1n) is 5.83. The molecule has 0 unspecified atom stereocenters. The maximum atomic E-state index is 13.7. The summed E-state index contributed by atoms with van der Waals surface area (Å²) in [5.41, 5.74) is 0.500. The Morgan fingerprint density at radius 3 is 2.40 bits per heavy atom. The van der Waals surface area contributed by atoms with E-state index in [9.17, 15) is 8.78 Å². The number of nitrogens with one attached hydrogen (secondary N) is 2. The van der Waals surface area contributed by atoms with Crippen molar-refractivity contribution in [2.75, 3.05) is 17.2 Å². The van der Waals surface area contributed by atoms with E-state index < -0.39 is 11.6 Å². The Balaban J connectivity index is 2.32. The van der Waals surface area contributed by atoms with Crippen molar-refractivity contribution >= 4 is 40.5 Å². The molecule has 20 heavy (non-hydrogen) atoms. The molecular formula is C13H11Cl2F2N3. The summed E-state index contributed by atoms with van der Waals surface area (Å²) in [4.78, 5) is 3.86. The largest absolute Gasteiger partial charge is 0.368 e.